The zero-order valence-electron chi connectivity index (χ0n) is 15.4. The Kier molecular flexibility index (Phi) is 4.78. The highest BCUT2D eigenvalue weighted by Crippen LogP contribution is 2.36. The highest BCUT2D eigenvalue weighted by atomic mass is 16.6. The number of nitrogens with one attached hydrogen (secondary N) is 1. The summed E-state index contributed by atoms with van der Waals surface area (Å²) in [4.78, 5) is 29.4. The third kappa shape index (κ3) is 3.33. The molecule has 1 atom stereocenters. The Morgan fingerprint density at radius 3 is 3.07 bits per heavy atom. The van der Waals surface area contributed by atoms with E-state index in [1.54, 1.807) is 13.2 Å². The number of amides is 2. The number of nitrogens with zero attached hydrogens (tertiary/aromatic N) is 3. The Hall–Kier alpha value is -3.27. The molecule has 3 N–H and O–H groups in total. The molecule has 1 aromatic carbocycles. The Labute approximate surface area is 161 Å². The number of fused-ring (bicyclic) bond motifs is 3. The monoisotopic (exact) mass is 387 g/mol. The van der Waals surface area contributed by atoms with Crippen LogP contribution in [0.1, 0.15) is 0 Å². The van der Waals surface area contributed by atoms with E-state index in [-0.39, 0.29) is 19.2 Å². The summed E-state index contributed by atoms with van der Waals surface area (Å²) < 4.78 is 18.1. The van der Waals surface area contributed by atoms with Gasteiger partial charge in [-0.2, -0.15) is 0 Å². The minimum atomic E-state index is -0.445. The number of nitrogens with two attached hydrogens (primary N) is 1. The Morgan fingerprint density at radius 2 is 2.29 bits per heavy atom. The molecule has 0 saturated carbocycles. The van der Waals surface area contributed by atoms with Gasteiger partial charge in [0.15, 0.2) is 5.82 Å². The summed E-state index contributed by atoms with van der Waals surface area (Å²) in [5.41, 5.74) is 6.69. The first kappa shape index (κ1) is 18.1. The first-order chi connectivity index (χ1) is 13.6. The Balaban J connectivity index is 1.66. The SMILES string of the molecule is COCC1COC(=O)N1c1cn2c(n1)-c1ccc(NCC(N)=O)cc1OCC2. The van der Waals surface area contributed by atoms with Crippen molar-refractivity contribution in [3.05, 3.63) is 24.4 Å². The van der Waals surface area contributed by atoms with Gasteiger partial charge in [0.05, 0.1) is 31.3 Å². The molecule has 28 heavy (non-hydrogen) atoms. The van der Waals surface area contributed by atoms with Gasteiger partial charge in [-0.25, -0.2) is 9.78 Å². The Morgan fingerprint density at radius 1 is 1.43 bits per heavy atom. The minimum Gasteiger partial charge on any atom is -0.491 e. The number of anilines is 2. The van der Waals surface area contributed by atoms with E-state index in [4.69, 9.17) is 19.9 Å². The number of ether oxygens (including phenoxy) is 3. The average molecular weight is 387 g/mol. The first-order valence-electron chi connectivity index (χ1n) is 8.88. The van der Waals surface area contributed by atoms with Crippen molar-refractivity contribution in [3.8, 4) is 17.1 Å². The number of rotatable bonds is 6. The molecule has 3 heterocycles. The number of carbonyl (C=O) groups excluding carboxylic acids is 2. The second-order valence-corrected chi connectivity index (χ2v) is 6.55. The van der Waals surface area contributed by atoms with Gasteiger partial charge in [-0.1, -0.05) is 0 Å². The molecule has 4 rings (SSSR count). The van der Waals surface area contributed by atoms with Crippen LogP contribution in [0, 0.1) is 0 Å². The predicted molar refractivity (Wildman–Crippen MR) is 100 cm³/mol. The fraction of sp³-hybridized carbons (Fsp3) is 0.389. The molecule has 2 aromatic rings. The van der Waals surface area contributed by atoms with Crippen LogP contribution in [0.2, 0.25) is 0 Å². The number of primary amides is 1. The summed E-state index contributed by atoms with van der Waals surface area (Å²) in [6, 6.07) is 5.28. The molecule has 0 radical (unpaired) electrons. The molecule has 1 fully saturated rings. The first-order valence-corrected chi connectivity index (χ1v) is 8.88. The van der Waals surface area contributed by atoms with E-state index in [9.17, 15) is 9.59 Å². The van der Waals surface area contributed by atoms with Gasteiger partial charge in [-0.3, -0.25) is 9.69 Å². The normalized spacial score (nSPS) is 18.0. The van der Waals surface area contributed by atoms with Gasteiger partial charge in [-0.15, -0.1) is 0 Å². The largest absolute Gasteiger partial charge is 0.491 e. The molecular weight excluding hydrogens is 366 g/mol. The smallest absolute Gasteiger partial charge is 0.416 e. The number of carbonyl (C=O) groups is 2. The van der Waals surface area contributed by atoms with Crippen LogP contribution >= 0.6 is 0 Å². The number of imidazole rings is 1. The summed E-state index contributed by atoms with van der Waals surface area (Å²) in [5.74, 6) is 1.41. The molecule has 0 spiro atoms. The van der Waals surface area contributed by atoms with Gasteiger partial charge < -0.3 is 29.8 Å². The number of benzene rings is 1. The maximum atomic E-state index is 12.2. The van der Waals surface area contributed by atoms with E-state index >= 15 is 0 Å². The van der Waals surface area contributed by atoms with Crippen molar-refractivity contribution < 1.29 is 23.8 Å². The average Bonchev–Trinajstić information content (AvgIpc) is 3.19. The van der Waals surface area contributed by atoms with E-state index < -0.39 is 12.0 Å². The van der Waals surface area contributed by atoms with Gasteiger partial charge >= 0.3 is 6.09 Å². The maximum Gasteiger partial charge on any atom is 0.416 e. The van der Waals surface area contributed by atoms with Gasteiger partial charge in [0.2, 0.25) is 5.91 Å². The van der Waals surface area contributed by atoms with Crippen LogP contribution in [0.5, 0.6) is 5.75 Å². The molecular formula is C18H21N5O5. The molecule has 148 valence electrons. The van der Waals surface area contributed by atoms with Gasteiger partial charge in [0.1, 0.15) is 24.8 Å². The van der Waals surface area contributed by atoms with Crippen molar-refractivity contribution in [2.45, 2.75) is 12.6 Å². The second-order valence-electron chi connectivity index (χ2n) is 6.55. The predicted octanol–water partition coefficient (Wildman–Crippen LogP) is 0.811. The quantitative estimate of drug-likeness (QED) is 0.752. The zero-order valence-corrected chi connectivity index (χ0v) is 15.4. The molecule has 10 nitrogen and oxygen atoms in total. The lowest BCUT2D eigenvalue weighted by atomic mass is 10.1. The van der Waals surface area contributed by atoms with Crippen molar-refractivity contribution in [1.82, 2.24) is 9.55 Å². The highest BCUT2D eigenvalue weighted by Gasteiger charge is 2.36. The van der Waals surface area contributed by atoms with Crippen molar-refractivity contribution in [2.75, 3.05) is 43.7 Å². The number of methoxy groups -OCH3 is 1. The summed E-state index contributed by atoms with van der Waals surface area (Å²) in [6.45, 7) is 1.70. The Bertz CT molecular complexity index is 912. The lowest BCUT2D eigenvalue weighted by molar-refractivity contribution is -0.116. The van der Waals surface area contributed by atoms with E-state index in [0.29, 0.717) is 37.2 Å². The topological polar surface area (TPSA) is 121 Å². The third-order valence-corrected chi connectivity index (χ3v) is 4.61. The van der Waals surface area contributed by atoms with Gasteiger partial charge in [-0.05, 0) is 12.1 Å². The van der Waals surface area contributed by atoms with Crippen LogP contribution in [0.4, 0.5) is 16.3 Å². The van der Waals surface area contributed by atoms with Gasteiger partial charge in [0.25, 0.3) is 0 Å². The second kappa shape index (κ2) is 7.39. The maximum absolute atomic E-state index is 12.2. The van der Waals surface area contributed by atoms with E-state index in [0.717, 1.165) is 11.3 Å². The molecule has 10 heteroatoms. The number of cyclic esters (lactones) is 1. The summed E-state index contributed by atoms with van der Waals surface area (Å²) in [6.07, 6.45) is 1.39. The minimum absolute atomic E-state index is 0.0372. The van der Waals surface area contributed by atoms with Crippen molar-refractivity contribution in [1.29, 1.82) is 0 Å². The molecule has 1 aromatic heterocycles. The molecule has 2 aliphatic rings. The van der Waals surface area contributed by atoms with Crippen LogP contribution < -0.4 is 20.7 Å². The molecule has 0 aliphatic carbocycles. The fourth-order valence-corrected chi connectivity index (χ4v) is 3.34. The molecule has 1 unspecified atom stereocenters. The third-order valence-electron chi connectivity index (χ3n) is 4.61. The van der Waals surface area contributed by atoms with Crippen LogP contribution in [0.25, 0.3) is 11.4 Å². The highest BCUT2D eigenvalue weighted by molar-refractivity contribution is 5.89. The molecule has 0 bridgehead atoms. The lowest BCUT2D eigenvalue weighted by Gasteiger charge is -2.17. The van der Waals surface area contributed by atoms with Crippen LogP contribution in [0.3, 0.4) is 0 Å². The summed E-state index contributed by atoms with van der Waals surface area (Å²) >= 11 is 0. The van der Waals surface area contributed by atoms with Crippen LogP contribution in [-0.4, -0.2) is 61.1 Å². The molecule has 1 saturated heterocycles. The number of hydrogen-bond acceptors (Lipinski definition) is 7. The summed E-state index contributed by atoms with van der Waals surface area (Å²) in [5, 5.41) is 2.95. The van der Waals surface area contributed by atoms with Crippen molar-refractivity contribution in [3.63, 3.8) is 0 Å². The van der Waals surface area contributed by atoms with E-state index in [2.05, 4.69) is 10.3 Å². The van der Waals surface area contributed by atoms with Crippen LogP contribution in [0.15, 0.2) is 24.4 Å². The fourth-order valence-electron chi connectivity index (χ4n) is 3.34. The lowest BCUT2D eigenvalue weighted by Crippen LogP contribution is -2.36. The van der Waals surface area contributed by atoms with Crippen molar-refractivity contribution in [2.24, 2.45) is 5.73 Å². The van der Waals surface area contributed by atoms with Gasteiger partial charge in [0, 0.05) is 25.1 Å². The standard InChI is InChI=1S/C18H21N5O5/c1-26-9-12-10-28-18(25)23(12)16-8-22-4-5-27-14-6-11(20-7-15(19)24)2-3-13(14)17(22)21-16/h2-3,6,8,12,20H,4-5,7,9-10H2,1H3,(H2,19,24). The van der Waals surface area contributed by atoms with E-state index in [1.807, 2.05) is 22.9 Å². The molecule has 2 amide bonds. The number of hydrogen-bond donors (Lipinski definition) is 2. The van der Waals surface area contributed by atoms with Crippen LogP contribution in [-0.2, 0) is 20.8 Å². The van der Waals surface area contributed by atoms with E-state index in [1.165, 1.54) is 4.90 Å². The number of aromatic nitrogens is 2. The molecule has 2 aliphatic heterocycles. The zero-order chi connectivity index (χ0) is 19.7. The van der Waals surface area contributed by atoms with Crippen molar-refractivity contribution >= 4 is 23.5 Å². The summed E-state index contributed by atoms with van der Waals surface area (Å²) in [7, 11) is 1.58.